The summed E-state index contributed by atoms with van der Waals surface area (Å²) in [5.41, 5.74) is 0. The van der Waals surface area contributed by atoms with E-state index in [0.29, 0.717) is 0 Å². The van der Waals surface area contributed by atoms with Crippen molar-refractivity contribution in [2.45, 2.75) is 0 Å². The molecular weight excluding hydrogens is 256 g/mol. The van der Waals surface area contributed by atoms with Gasteiger partial charge >= 0.3 is 29.6 Å². The van der Waals surface area contributed by atoms with E-state index >= 15 is 0 Å². The van der Waals surface area contributed by atoms with Gasteiger partial charge in [0.25, 0.3) is 0 Å². The van der Waals surface area contributed by atoms with Crippen molar-refractivity contribution in [1.82, 2.24) is 0 Å². The van der Waals surface area contributed by atoms with Crippen molar-refractivity contribution < 1.29 is 89.7 Å². The molecule has 0 heterocycles. The van der Waals surface area contributed by atoms with Crippen LogP contribution in [0.1, 0.15) is 1.43 Å². The van der Waals surface area contributed by atoms with E-state index in [9.17, 15) is 0 Å². The van der Waals surface area contributed by atoms with Crippen LogP contribution in [0.3, 0.4) is 0 Å². The van der Waals surface area contributed by atoms with Crippen molar-refractivity contribution in [2.24, 2.45) is 0 Å². The predicted octanol–water partition coefficient (Wildman–Crippen LogP) is -2.27. The summed E-state index contributed by atoms with van der Waals surface area (Å²) in [6.07, 6.45) is 0. The van der Waals surface area contributed by atoms with Gasteiger partial charge in [0.15, 0.2) is 0 Å². The summed E-state index contributed by atoms with van der Waals surface area (Å²) >= 11 is 0. The molecule has 0 aromatic rings. The van der Waals surface area contributed by atoms with Crippen molar-refractivity contribution >= 4 is 0 Å². The number of hydrogen-bond donors (Lipinski definition) is 0. The molecule has 42 valence electrons. The summed E-state index contributed by atoms with van der Waals surface area (Å²) in [6.45, 7) is 0. The summed E-state index contributed by atoms with van der Waals surface area (Å²) in [4.78, 5) is 0. The number of hydrogen-bond acceptors (Lipinski definition) is 0. The number of halogens is 4. The van der Waals surface area contributed by atoms with Crippen LogP contribution in [-0.2, 0) is 0 Å². The Kier molecular flexibility index (Phi) is 980. The van der Waals surface area contributed by atoms with Gasteiger partial charge in [0, 0.05) is 39.9 Å². The fraction of sp³-hybridized carbons (Fsp3) is 0. The molecule has 0 amide bonds. The third kappa shape index (κ3) is 36.8. The van der Waals surface area contributed by atoms with Gasteiger partial charge in [-0.2, -0.15) is 0 Å². The molecule has 0 rings (SSSR count). The van der Waals surface area contributed by atoms with E-state index in [0.717, 1.165) is 0 Å². The smallest absolute Gasteiger partial charge is 1.00 e. The minimum absolute atomic E-state index is 0. The van der Waals surface area contributed by atoms with Crippen LogP contribution in [0.25, 0.3) is 0 Å². The first-order chi connectivity index (χ1) is 0. The molecule has 6 heteroatoms. The quantitative estimate of drug-likeness (QED) is 0.341. The van der Waals surface area contributed by atoms with Crippen molar-refractivity contribution in [3.8, 4) is 0 Å². The maximum Gasteiger partial charge on any atom is 1.00 e. The Morgan fingerprint density at radius 3 is 0.667 bits per heavy atom. The molecule has 0 bridgehead atoms. The Hall–Kier alpha value is 2.04. The second kappa shape index (κ2) is 61.6. The average Bonchev–Trinajstić information content (AvgIpc) is 0. The molecular formula is H5F4GdNa. The van der Waals surface area contributed by atoms with Crippen molar-refractivity contribution in [1.29, 1.82) is 0 Å². The zero-order valence-electron chi connectivity index (χ0n) is 3.99. The molecule has 0 saturated carbocycles. The SMILES string of the molecule is F.F.F.F.[Gd].[H-].[Na+]. The van der Waals surface area contributed by atoms with Gasteiger partial charge in [-0.1, -0.05) is 0 Å². The molecule has 0 aliphatic carbocycles. The second-order valence-corrected chi connectivity index (χ2v) is 0. The van der Waals surface area contributed by atoms with Gasteiger partial charge in [-0.3, -0.25) is 18.8 Å². The molecule has 6 heavy (non-hydrogen) atoms. The van der Waals surface area contributed by atoms with Gasteiger partial charge in [0.05, 0.1) is 0 Å². The maximum absolute atomic E-state index is 0. The third-order valence-corrected chi connectivity index (χ3v) is 0. The summed E-state index contributed by atoms with van der Waals surface area (Å²) in [7, 11) is 0. The minimum Gasteiger partial charge on any atom is -1.00 e. The predicted molar refractivity (Wildman–Crippen MR) is 11.1 cm³/mol. The van der Waals surface area contributed by atoms with Gasteiger partial charge in [-0.25, -0.2) is 0 Å². The molecule has 0 aliphatic heterocycles. The Bertz CT molecular complexity index is 11.7. The van der Waals surface area contributed by atoms with E-state index in [2.05, 4.69) is 0 Å². The zero-order valence-corrected chi connectivity index (χ0v) is 7.26. The van der Waals surface area contributed by atoms with Crippen LogP contribution in [-0.4, -0.2) is 0 Å². The largest absolute Gasteiger partial charge is 1.00 e. The van der Waals surface area contributed by atoms with Crippen LogP contribution in [0.4, 0.5) is 18.8 Å². The Balaban J connectivity index is 0. The topological polar surface area (TPSA) is 0 Å². The van der Waals surface area contributed by atoms with Crippen LogP contribution in [0.2, 0.25) is 0 Å². The molecule has 0 N–H and O–H groups in total. The van der Waals surface area contributed by atoms with Crippen LogP contribution in [0.15, 0.2) is 0 Å². The van der Waals surface area contributed by atoms with Gasteiger partial charge in [0.1, 0.15) is 0 Å². The standard InChI is InChI=1S/4FH.Gd.Na.H/h4*1H;;;/q;;;;;+1;-1. The molecule has 0 atom stereocenters. The first-order valence-electron chi connectivity index (χ1n) is 0. The van der Waals surface area contributed by atoms with Crippen LogP contribution in [0.5, 0.6) is 0 Å². The summed E-state index contributed by atoms with van der Waals surface area (Å²) in [5.74, 6) is 0. The van der Waals surface area contributed by atoms with Crippen molar-refractivity contribution in [2.75, 3.05) is 0 Å². The first kappa shape index (κ1) is 95.5. The molecule has 0 saturated heterocycles. The maximum atomic E-state index is 0. The van der Waals surface area contributed by atoms with Crippen molar-refractivity contribution in [3.05, 3.63) is 0 Å². The first-order valence-corrected chi connectivity index (χ1v) is 0. The van der Waals surface area contributed by atoms with E-state index in [-0.39, 0.29) is 89.7 Å². The second-order valence-electron chi connectivity index (χ2n) is 0. The summed E-state index contributed by atoms with van der Waals surface area (Å²) in [5, 5.41) is 0. The van der Waals surface area contributed by atoms with Crippen LogP contribution in [0, 0.1) is 39.9 Å². The molecule has 0 fully saturated rings. The minimum atomic E-state index is 0. The number of rotatable bonds is 0. The zero-order chi connectivity index (χ0) is 0. The van der Waals surface area contributed by atoms with Gasteiger partial charge in [-0.15, -0.1) is 0 Å². The molecule has 0 aromatic carbocycles. The van der Waals surface area contributed by atoms with E-state index < -0.39 is 0 Å². The molecule has 0 radical (unpaired) electrons. The molecule has 0 aromatic heterocycles. The van der Waals surface area contributed by atoms with Crippen LogP contribution < -0.4 is 29.6 Å². The van der Waals surface area contributed by atoms with Gasteiger partial charge < -0.3 is 1.43 Å². The van der Waals surface area contributed by atoms with E-state index in [1.54, 1.807) is 0 Å². The van der Waals surface area contributed by atoms with Crippen molar-refractivity contribution in [3.63, 3.8) is 0 Å². The molecule has 0 spiro atoms. The Labute approximate surface area is 88.4 Å². The van der Waals surface area contributed by atoms with E-state index in [4.69, 9.17) is 0 Å². The third-order valence-electron chi connectivity index (χ3n) is 0. The summed E-state index contributed by atoms with van der Waals surface area (Å²) in [6, 6.07) is 0. The fourth-order valence-corrected chi connectivity index (χ4v) is 0. The Morgan fingerprint density at radius 1 is 0.667 bits per heavy atom. The average molecular weight is 261 g/mol. The van der Waals surface area contributed by atoms with Gasteiger partial charge in [0.2, 0.25) is 0 Å². The summed E-state index contributed by atoms with van der Waals surface area (Å²) < 4.78 is 0. The van der Waals surface area contributed by atoms with E-state index in [1.807, 2.05) is 0 Å². The Morgan fingerprint density at radius 2 is 0.667 bits per heavy atom. The van der Waals surface area contributed by atoms with E-state index in [1.165, 1.54) is 0 Å². The monoisotopic (exact) mass is 262 g/mol. The van der Waals surface area contributed by atoms with Crippen LogP contribution >= 0.6 is 0 Å². The van der Waals surface area contributed by atoms with Gasteiger partial charge in [-0.05, 0) is 0 Å². The normalized spacial score (nSPS) is 0. The molecule has 0 nitrogen and oxygen atoms in total. The molecule has 0 aliphatic rings. The fourth-order valence-electron chi connectivity index (χ4n) is 0. The molecule has 0 unspecified atom stereocenters.